The predicted octanol–water partition coefficient (Wildman–Crippen LogP) is 0.113. The molecule has 1 aliphatic rings. The summed E-state index contributed by atoms with van der Waals surface area (Å²) in [6.45, 7) is 0.464. The molecular weight excluding hydrogens is 457 g/mol. The minimum absolute atomic E-state index is 0. The summed E-state index contributed by atoms with van der Waals surface area (Å²) in [7, 11) is 0. The van der Waals surface area contributed by atoms with E-state index >= 15 is 0 Å². The summed E-state index contributed by atoms with van der Waals surface area (Å²) in [6.07, 6.45) is 6.16. The van der Waals surface area contributed by atoms with Crippen LogP contribution in [0.3, 0.4) is 0 Å². The molecule has 7 nitrogen and oxygen atoms in total. The van der Waals surface area contributed by atoms with Crippen molar-refractivity contribution >= 4 is 11.9 Å². The van der Waals surface area contributed by atoms with Crippen LogP contribution in [0.25, 0.3) is 0 Å². The van der Waals surface area contributed by atoms with Crippen molar-refractivity contribution in [1.82, 2.24) is 0 Å². The summed E-state index contributed by atoms with van der Waals surface area (Å²) in [5.41, 5.74) is 16.5. The molecule has 0 aromatic heterocycles. The number of hydrogen-bond donors (Lipinski definition) is 5. The van der Waals surface area contributed by atoms with E-state index in [0.717, 1.165) is 12.8 Å². The van der Waals surface area contributed by atoms with Crippen LogP contribution in [-0.2, 0) is 30.7 Å². The average molecular weight is 484 g/mol. The van der Waals surface area contributed by atoms with Gasteiger partial charge in [-0.2, -0.15) is 0 Å². The number of aliphatic carboxylic acids is 2. The Morgan fingerprint density at radius 1 is 1.00 bits per heavy atom. The maximum atomic E-state index is 10.3. The number of unbranched alkanes of at least 4 members (excludes halogenated alkanes) is 1. The number of carboxylic acids is 2. The van der Waals surface area contributed by atoms with Gasteiger partial charge >= 0.3 is 11.9 Å². The first-order valence-electron chi connectivity index (χ1n) is 7.07. The molecule has 1 aliphatic carbocycles. The van der Waals surface area contributed by atoms with E-state index < -0.39 is 17.9 Å². The van der Waals surface area contributed by atoms with Gasteiger partial charge in [0.1, 0.15) is 0 Å². The molecule has 0 spiro atoms. The van der Waals surface area contributed by atoms with Gasteiger partial charge in [0.2, 0.25) is 0 Å². The molecule has 0 saturated heterocycles. The van der Waals surface area contributed by atoms with Gasteiger partial charge in [-0.05, 0) is 32.2 Å². The fourth-order valence-corrected chi connectivity index (χ4v) is 2.03. The first kappa shape index (κ1) is 22.8. The molecule has 0 aromatic rings. The fourth-order valence-electron chi connectivity index (χ4n) is 2.03. The van der Waals surface area contributed by atoms with Crippen molar-refractivity contribution in [3.05, 3.63) is 0 Å². The van der Waals surface area contributed by atoms with E-state index in [9.17, 15) is 9.59 Å². The zero-order valence-electron chi connectivity index (χ0n) is 12.1. The van der Waals surface area contributed by atoms with Crippen LogP contribution in [0.2, 0.25) is 0 Å². The maximum Gasteiger partial charge on any atom is 0.317 e. The van der Waals surface area contributed by atoms with E-state index in [2.05, 4.69) is 0 Å². The van der Waals surface area contributed by atoms with Gasteiger partial charge in [0.05, 0.1) is 0 Å². The van der Waals surface area contributed by atoms with E-state index in [1.807, 2.05) is 0 Å². The van der Waals surface area contributed by atoms with Gasteiger partial charge < -0.3 is 27.4 Å². The van der Waals surface area contributed by atoms with Gasteiger partial charge in [-0.25, -0.2) is 0 Å². The standard InChI is InChI=1S/C7H13NO4.C6H14N2.Pt/c8-4-2-1-3-5(6(9)10)7(11)12;7-5-3-1-2-4-6(5)8;/h5H,1-4,8H2,(H,9,10)(H,11,12);5-6H,1-4,7-8H2;/t;5-,6-;/m.1./s1. The van der Waals surface area contributed by atoms with Crippen molar-refractivity contribution in [1.29, 1.82) is 0 Å². The van der Waals surface area contributed by atoms with Crippen molar-refractivity contribution in [2.24, 2.45) is 23.1 Å². The molecule has 0 amide bonds. The molecule has 1 rings (SSSR count). The Hall–Kier alpha value is -0.492. The second-order valence-electron chi connectivity index (χ2n) is 5.13. The van der Waals surface area contributed by atoms with Crippen LogP contribution in [0.4, 0.5) is 0 Å². The first-order chi connectivity index (χ1) is 9.40. The third-order valence-electron chi connectivity index (χ3n) is 3.42. The Bertz CT molecular complexity index is 281. The number of rotatable bonds is 6. The molecule has 1 saturated carbocycles. The minimum atomic E-state index is -1.28. The molecular formula is C13H27N3O4Pt. The Labute approximate surface area is 139 Å². The van der Waals surface area contributed by atoms with E-state index in [4.69, 9.17) is 27.4 Å². The molecule has 21 heavy (non-hydrogen) atoms. The summed E-state index contributed by atoms with van der Waals surface area (Å²) in [6, 6.07) is 0.562. The Morgan fingerprint density at radius 2 is 1.43 bits per heavy atom. The zero-order valence-corrected chi connectivity index (χ0v) is 14.4. The summed E-state index contributed by atoms with van der Waals surface area (Å²) >= 11 is 0. The van der Waals surface area contributed by atoms with Crippen molar-refractivity contribution in [3.63, 3.8) is 0 Å². The van der Waals surface area contributed by atoms with Gasteiger partial charge in [0.15, 0.2) is 5.92 Å². The third-order valence-corrected chi connectivity index (χ3v) is 3.42. The van der Waals surface area contributed by atoms with Crippen LogP contribution in [0.5, 0.6) is 0 Å². The first-order valence-corrected chi connectivity index (χ1v) is 7.07. The monoisotopic (exact) mass is 484 g/mol. The largest absolute Gasteiger partial charge is 0.481 e. The van der Waals surface area contributed by atoms with Crippen molar-refractivity contribution in [2.75, 3.05) is 6.54 Å². The van der Waals surface area contributed by atoms with Crippen LogP contribution >= 0.6 is 0 Å². The van der Waals surface area contributed by atoms with Gasteiger partial charge in [-0.15, -0.1) is 0 Å². The average Bonchev–Trinajstić information content (AvgIpc) is 2.38. The van der Waals surface area contributed by atoms with Crippen LogP contribution in [0, 0.1) is 5.92 Å². The molecule has 8 heteroatoms. The van der Waals surface area contributed by atoms with Crippen molar-refractivity contribution < 1.29 is 40.9 Å². The van der Waals surface area contributed by atoms with Gasteiger partial charge in [-0.1, -0.05) is 19.3 Å². The van der Waals surface area contributed by atoms with E-state index in [1.165, 1.54) is 12.8 Å². The van der Waals surface area contributed by atoms with E-state index in [-0.39, 0.29) is 39.6 Å². The molecule has 0 radical (unpaired) electrons. The Morgan fingerprint density at radius 3 is 1.71 bits per heavy atom. The molecule has 0 aromatic carbocycles. The second kappa shape index (κ2) is 13.2. The van der Waals surface area contributed by atoms with Crippen molar-refractivity contribution in [3.8, 4) is 0 Å². The molecule has 2 atom stereocenters. The number of nitrogens with two attached hydrogens (primary N) is 3. The summed E-state index contributed by atoms with van der Waals surface area (Å²) in [4.78, 5) is 20.6. The van der Waals surface area contributed by atoms with Gasteiger partial charge in [0.25, 0.3) is 0 Å². The zero-order chi connectivity index (χ0) is 15.5. The maximum absolute atomic E-state index is 10.3. The van der Waals surface area contributed by atoms with Crippen LogP contribution < -0.4 is 17.2 Å². The topological polar surface area (TPSA) is 153 Å². The second-order valence-corrected chi connectivity index (χ2v) is 5.13. The summed E-state index contributed by atoms with van der Waals surface area (Å²) in [5.74, 6) is -3.84. The van der Waals surface area contributed by atoms with Gasteiger partial charge in [-0.3, -0.25) is 9.59 Å². The number of carboxylic acid groups (broad SMARTS) is 2. The quantitative estimate of drug-likeness (QED) is 0.265. The number of carbonyl (C=O) groups is 2. The fraction of sp³-hybridized carbons (Fsp3) is 0.846. The van der Waals surface area contributed by atoms with Crippen molar-refractivity contribution in [2.45, 2.75) is 57.0 Å². The molecule has 128 valence electrons. The van der Waals surface area contributed by atoms with Gasteiger partial charge in [0, 0.05) is 33.1 Å². The van der Waals surface area contributed by atoms with Crippen LogP contribution in [-0.4, -0.2) is 40.8 Å². The number of hydrogen-bond acceptors (Lipinski definition) is 5. The smallest absolute Gasteiger partial charge is 0.317 e. The van der Waals surface area contributed by atoms with E-state index in [0.29, 0.717) is 19.4 Å². The molecule has 8 N–H and O–H groups in total. The van der Waals surface area contributed by atoms with E-state index in [1.54, 1.807) is 0 Å². The SMILES string of the molecule is NCCCCC(C(=O)O)C(=O)O.N[C@@H]1CCCC[C@H]1N.[Pt]. The molecule has 0 unspecified atom stereocenters. The Balaban J connectivity index is 0. The molecule has 0 heterocycles. The summed E-state index contributed by atoms with van der Waals surface area (Å²) in [5, 5.41) is 16.9. The van der Waals surface area contributed by atoms with Crippen LogP contribution in [0.15, 0.2) is 0 Å². The minimum Gasteiger partial charge on any atom is -0.481 e. The van der Waals surface area contributed by atoms with Crippen LogP contribution in [0.1, 0.15) is 44.9 Å². The summed E-state index contributed by atoms with van der Waals surface area (Å²) < 4.78 is 0. The molecule has 1 fully saturated rings. The predicted molar refractivity (Wildman–Crippen MR) is 76.1 cm³/mol. The Kier molecular flexibility index (Phi) is 14.3. The molecule has 0 bridgehead atoms. The third kappa shape index (κ3) is 10.8. The normalized spacial score (nSPS) is 21.0. The molecule has 0 aliphatic heterocycles.